The van der Waals surface area contributed by atoms with Crippen LogP contribution in [-0.4, -0.2) is 29.9 Å². The topological polar surface area (TPSA) is 97.6 Å². The van der Waals surface area contributed by atoms with E-state index in [1.54, 1.807) is 30.3 Å². The van der Waals surface area contributed by atoms with Crippen LogP contribution in [-0.2, 0) is 14.3 Å². The smallest absolute Gasteiger partial charge is 0.329 e. The Bertz CT molecular complexity index is 760. The van der Waals surface area contributed by atoms with Gasteiger partial charge in [-0.25, -0.2) is 4.79 Å². The maximum absolute atomic E-state index is 12.1. The second-order valence-corrected chi connectivity index (χ2v) is 5.69. The molecule has 2 amide bonds. The van der Waals surface area contributed by atoms with Crippen LogP contribution in [0.2, 0.25) is 5.02 Å². The molecule has 2 aromatic rings. The molecule has 25 heavy (non-hydrogen) atoms. The minimum Gasteiger partial charge on any atom is -0.459 e. The summed E-state index contributed by atoms with van der Waals surface area (Å²) < 4.78 is 10.00. The maximum atomic E-state index is 12.1. The van der Waals surface area contributed by atoms with Crippen LogP contribution in [0.5, 0.6) is 0 Å². The highest BCUT2D eigenvalue weighted by Gasteiger charge is 2.24. The molecule has 1 aromatic carbocycles. The molecule has 1 aromatic heterocycles. The molecule has 7 nitrogen and oxygen atoms in total. The van der Waals surface area contributed by atoms with Gasteiger partial charge in [-0.3, -0.25) is 9.59 Å². The third-order valence-corrected chi connectivity index (χ3v) is 3.44. The molecule has 1 heterocycles. The van der Waals surface area contributed by atoms with Crippen molar-refractivity contribution >= 4 is 35.1 Å². The van der Waals surface area contributed by atoms with Crippen molar-refractivity contribution < 1.29 is 23.5 Å². The lowest BCUT2D eigenvalue weighted by molar-refractivity contribution is -0.154. The monoisotopic (exact) mass is 364 g/mol. The van der Waals surface area contributed by atoms with E-state index in [4.69, 9.17) is 20.8 Å². The van der Waals surface area contributed by atoms with Gasteiger partial charge in [-0.1, -0.05) is 17.7 Å². The van der Waals surface area contributed by atoms with E-state index < -0.39 is 29.9 Å². The summed E-state index contributed by atoms with van der Waals surface area (Å²) in [7, 11) is 0. The molecule has 0 spiro atoms. The van der Waals surface area contributed by atoms with Gasteiger partial charge in [0, 0.05) is 10.7 Å². The highest BCUT2D eigenvalue weighted by molar-refractivity contribution is 6.30. The summed E-state index contributed by atoms with van der Waals surface area (Å²) in [4.78, 5) is 35.9. The average molecular weight is 365 g/mol. The van der Waals surface area contributed by atoms with Crippen LogP contribution < -0.4 is 10.6 Å². The predicted octanol–water partition coefficient (Wildman–Crippen LogP) is 2.62. The zero-order valence-electron chi connectivity index (χ0n) is 13.6. The Morgan fingerprint density at radius 2 is 1.92 bits per heavy atom. The quantitative estimate of drug-likeness (QED) is 0.768. The van der Waals surface area contributed by atoms with E-state index in [9.17, 15) is 14.4 Å². The van der Waals surface area contributed by atoms with E-state index in [0.29, 0.717) is 10.7 Å². The number of nitrogens with one attached hydrogen (secondary N) is 2. The van der Waals surface area contributed by atoms with Crippen molar-refractivity contribution in [1.29, 1.82) is 0 Å². The van der Waals surface area contributed by atoms with Crippen LogP contribution in [0.4, 0.5) is 5.69 Å². The fourth-order valence-corrected chi connectivity index (χ4v) is 2.06. The summed E-state index contributed by atoms with van der Waals surface area (Å²) in [5.74, 6) is -1.73. The van der Waals surface area contributed by atoms with Crippen molar-refractivity contribution in [2.24, 2.45) is 0 Å². The van der Waals surface area contributed by atoms with Gasteiger partial charge in [0.05, 0.1) is 6.26 Å². The lowest BCUT2D eigenvalue weighted by Crippen LogP contribution is -2.42. The number of hydrogen-bond acceptors (Lipinski definition) is 5. The first-order valence-electron chi connectivity index (χ1n) is 7.48. The highest BCUT2D eigenvalue weighted by Crippen LogP contribution is 2.15. The van der Waals surface area contributed by atoms with Gasteiger partial charge in [-0.05, 0) is 44.2 Å². The first kappa shape index (κ1) is 18.5. The number of esters is 1. The fourth-order valence-electron chi connectivity index (χ4n) is 1.87. The van der Waals surface area contributed by atoms with Gasteiger partial charge in [0.1, 0.15) is 6.04 Å². The zero-order chi connectivity index (χ0) is 18.4. The fraction of sp³-hybridized carbons (Fsp3) is 0.235. The zero-order valence-corrected chi connectivity index (χ0v) is 14.4. The third-order valence-electron chi connectivity index (χ3n) is 3.20. The largest absolute Gasteiger partial charge is 0.459 e. The summed E-state index contributed by atoms with van der Waals surface area (Å²) in [6, 6.07) is 8.66. The Labute approximate surface area is 149 Å². The maximum Gasteiger partial charge on any atom is 0.329 e. The summed E-state index contributed by atoms with van der Waals surface area (Å²) >= 11 is 5.84. The van der Waals surface area contributed by atoms with Crippen LogP contribution in [0.15, 0.2) is 47.1 Å². The Morgan fingerprint density at radius 1 is 1.16 bits per heavy atom. The molecule has 2 N–H and O–H groups in total. The van der Waals surface area contributed by atoms with Gasteiger partial charge in [0.15, 0.2) is 11.9 Å². The lowest BCUT2D eigenvalue weighted by Gasteiger charge is -2.17. The number of benzene rings is 1. The number of anilines is 1. The summed E-state index contributed by atoms with van der Waals surface area (Å²) in [5, 5.41) is 5.48. The number of rotatable bonds is 6. The van der Waals surface area contributed by atoms with Gasteiger partial charge >= 0.3 is 5.97 Å². The number of furan rings is 1. The number of carbonyl (C=O) groups excluding carboxylic acids is 3. The average Bonchev–Trinajstić information content (AvgIpc) is 3.09. The Balaban J connectivity index is 1.86. The van der Waals surface area contributed by atoms with Gasteiger partial charge in [-0.2, -0.15) is 0 Å². The van der Waals surface area contributed by atoms with Gasteiger partial charge in [0.2, 0.25) is 0 Å². The molecule has 2 rings (SSSR count). The normalized spacial score (nSPS) is 12.8. The molecule has 0 bridgehead atoms. The SMILES string of the molecule is C[C@H](NC(=O)c1ccco1)C(=O)O[C@@H](C)C(=O)Nc1cccc(Cl)c1. The van der Waals surface area contributed by atoms with Crippen LogP contribution in [0.3, 0.4) is 0 Å². The molecule has 0 fully saturated rings. The summed E-state index contributed by atoms with van der Waals surface area (Å²) in [6.07, 6.45) is 0.301. The Hall–Kier alpha value is -2.80. The van der Waals surface area contributed by atoms with E-state index in [2.05, 4.69) is 10.6 Å². The molecular weight excluding hydrogens is 348 g/mol. The van der Waals surface area contributed by atoms with Crippen molar-refractivity contribution in [3.63, 3.8) is 0 Å². The number of amides is 2. The standard InChI is InChI=1S/C17H17ClN2O5/c1-10(19-16(22)14-7-4-8-24-14)17(23)25-11(2)15(21)20-13-6-3-5-12(18)9-13/h3-11H,1-2H3,(H,19,22)(H,20,21)/t10-,11-/m0/s1. The summed E-state index contributed by atoms with van der Waals surface area (Å²) in [5.41, 5.74) is 0.486. The highest BCUT2D eigenvalue weighted by atomic mass is 35.5. The van der Waals surface area contributed by atoms with Gasteiger partial charge < -0.3 is 19.8 Å². The van der Waals surface area contributed by atoms with Gasteiger partial charge in [0.25, 0.3) is 11.8 Å². The first-order valence-corrected chi connectivity index (χ1v) is 7.86. The van der Waals surface area contributed by atoms with E-state index in [1.807, 2.05) is 0 Å². The van der Waals surface area contributed by atoms with Crippen LogP contribution in [0, 0.1) is 0 Å². The van der Waals surface area contributed by atoms with E-state index in [-0.39, 0.29) is 5.76 Å². The van der Waals surface area contributed by atoms with Crippen molar-refractivity contribution in [3.8, 4) is 0 Å². The van der Waals surface area contributed by atoms with Crippen LogP contribution in [0.25, 0.3) is 0 Å². The van der Waals surface area contributed by atoms with Crippen molar-refractivity contribution in [2.75, 3.05) is 5.32 Å². The second kappa shape index (κ2) is 8.34. The molecule has 0 saturated carbocycles. The Morgan fingerprint density at radius 3 is 2.56 bits per heavy atom. The third kappa shape index (κ3) is 5.36. The van der Waals surface area contributed by atoms with Crippen molar-refractivity contribution in [1.82, 2.24) is 5.32 Å². The van der Waals surface area contributed by atoms with Crippen molar-refractivity contribution in [2.45, 2.75) is 26.0 Å². The molecular formula is C17H17ClN2O5. The molecule has 0 aliphatic heterocycles. The van der Waals surface area contributed by atoms with E-state index >= 15 is 0 Å². The molecule has 2 atom stereocenters. The number of carbonyl (C=O) groups is 3. The minimum absolute atomic E-state index is 0.0754. The second-order valence-electron chi connectivity index (χ2n) is 5.25. The number of halogens is 1. The molecule has 0 aliphatic rings. The van der Waals surface area contributed by atoms with E-state index in [0.717, 1.165) is 0 Å². The van der Waals surface area contributed by atoms with Crippen LogP contribution >= 0.6 is 11.6 Å². The molecule has 0 radical (unpaired) electrons. The number of ether oxygens (including phenoxy) is 1. The van der Waals surface area contributed by atoms with Crippen LogP contribution in [0.1, 0.15) is 24.4 Å². The summed E-state index contributed by atoms with van der Waals surface area (Å²) in [6.45, 7) is 2.88. The molecule has 132 valence electrons. The minimum atomic E-state index is -1.05. The molecule has 0 aliphatic carbocycles. The first-order chi connectivity index (χ1) is 11.9. The van der Waals surface area contributed by atoms with E-state index in [1.165, 1.54) is 26.2 Å². The number of hydrogen-bond donors (Lipinski definition) is 2. The van der Waals surface area contributed by atoms with Gasteiger partial charge in [-0.15, -0.1) is 0 Å². The predicted molar refractivity (Wildman–Crippen MR) is 91.3 cm³/mol. The Kier molecular flexibility index (Phi) is 6.19. The lowest BCUT2D eigenvalue weighted by atomic mass is 10.3. The molecule has 8 heteroatoms. The molecule has 0 unspecified atom stereocenters. The van der Waals surface area contributed by atoms with Crippen molar-refractivity contribution in [3.05, 3.63) is 53.4 Å². The molecule has 0 saturated heterocycles.